The minimum atomic E-state index is -0.654. The first-order valence-electron chi connectivity index (χ1n) is 11.7. The molecule has 0 radical (unpaired) electrons. The van der Waals surface area contributed by atoms with Gasteiger partial charge in [0.25, 0.3) is 0 Å². The fraction of sp³-hybridized carbons (Fsp3) is 0.536. The molecule has 2 aromatic carbocycles. The van der Waals surface area contributed by atoms with Crippen LogP contribution in [0.25, 0.3) is 0 Å². The summed E-state index contributed by atoms with van der Waals surface area (Å²) in [7, 11) is 0. The number of hydrogen-bond donors (Lipinski definition) is 1. The number of benzene rings is 2. The molecule has 3 nitrogen and oxygen atoms in total. The zero-order valence-electron chi connectivity index (χ0n) is 19.4. The lowest BCUT2D eigenvalue weighted by Gasteiger charge is -2.42. The first-order chi connectivity index (χ1) is 14.6. The highest BCUT2D eigenvalue weighted by Crippen LogP contribution is 2.66. The average Bonchev–Trinajstić information content (AvgIpc) is 3.14. The highest BCUT2D eigenvalue weighted by molar-refractivity contribution is 5.79. The molecule has 0 aromatic heterocycles. The molecule has 0 saturated heterocycles. The number of ether oxygens (including phenoxy) is 1. The van der Waals surface area contributed by atoms with E-state index in [9.17, 15) is 9.90 Å². The Morgan fingerprint density at radius 1 is 0.968 bits per heavy atom. The molecule has 1 spiro atoms. The first kappa shape index (κ1) is 20.6. The van der Waals surface area contributed by atoms with Crippen LogP contribution in [0.3, 0.4) is 0 Å². The van der Waals surface area contributed by atoms with Gasteiger partial charge in [0.2, 0.25) is 0 Å². The van der Waals surface area contributed by atoms with E-state index < -0.39 is 5.97 Å². The molecule has 1 fully saturated rings. The molecule has 5 rings (SSSR count). The SMILES string of the molecule is CC1C(C(=O)O)C12CCc1cc(OCc3ccc4c(c3)C(C)(C)CCC4(C)C)ccc12. The highest BCUT2D eigenvalue weighted by Gasteiger charge is 2.68. The summed E-state index contributed by atoms with van der Waals surface area (Å²) in [4.78, 5) is 11.6. The Balaban J connectivity index is 1.35. The van der Waals surface area contributed by atoms with E-state index in [4.69, 9.17) is 4.74 Å². The van der Waals surface area contributed by atoms with Crippen molar-refractivity contribution in [1.82, 2.24) is 0 Å². The second-order valence-corrected chi connectivity index (χ2v) is 11.4. The molecule has 0 aliphatic heterocycles. The van der Waals surface area contributed by atoms with E-state index in [0.717, 1.165) is 18.6 Å². The van der Waals surface area contributed by atoms with Gasteiger partial charge >= 0.3 is 5.97 Å². The first-order valence-corrected chi connectivity index (χ1v) is 11.7. The van der Waals surface area contributed by atoms with E-state index in [-0.39, 0.29) is 28.1 Å². The Kier molecular flexibility index (Phi) is 4.39. The van der Waals surface area contributed by atoms with Crippen LogP contribution in [0.15, 0.2) is 36.4 Å². The molecule has 3 aliphatic carbocycles. The van der Waals surface area contributed by atoms with Crippen LogP contribution >= 0.6 is 0 Å². The molecular formula is C28H34O3. The fourth-order valence-corrected chi connectivity index (χ4v) is 6.55. The molecule has 1 N–H and O–H groups in total. The second kappa shape index (κ2) is 6.60. The molecule has 3 unspecified atom stereocenters. The van der Waals surface area contributed by atoms with Crippen molar-refractivity contribution in [2.45, 2.75) is 83.2 Å². The van der Waals surface area contributed by atoms with Gasteiger partial charge in [-0.2, -0.15) is 0 Å². The second-order valence-electron chi connectivity index (χ2n) is 11.4. The third kappa shape index (κ3) is 3.03. The topological polar surface area (TPSA) is 46.5 Å². The maximum Gasteiger partial charge on any atom is 0.307 e. The van der Waals surface area contributed by atoms with Gasteiger partial charge < -0.3 is 9.84 Å². The molecule has 2 aromatic rings. The van der Waals surface area contributed by atoms with Crippen LogP contribution in [0.2, 0.25) is 0 Å². The maximum absolute atomic E-state index is 11.6. The molecule has 0 bridgehead atoms. The zero-order valence-corrected chi connectivity index (χ0v) is 19.4. The van der Waals surface area contributed by atoms with Gasteiger partial charge in [0, 0.05) is 5.41 Å². The van der Waals surface area contributed by atoms with Gasteiger partial charge in [-0.25, -0.2) is 0 Å². The largest absolute Gasteiger partial charge is 0.489 e. The van der Waals surface area contributed by atoms with E-state index in [1.807, 2.05) is 6.07 Å². The van der Waals surface area contributed by atoms with E-state index in [0.29, 0.717) is 6.61 Å². The lowest BCUT2D eigenvalue weighted by Crippen LogP contribution is -2.33. The number of hydrogen-bond acceptors (Lipinski definition) is 2. The van der Waals surface area contributed by atoms with Crippen LogP contribution in [-0.2, 0) is 34.1 Å². The van der Waals surface area contributed by atoms with E-state index in [2.05, 4.69) is 65.0 Å². The Hall–Kier alpha value is -2.29. The predicted octanol–water partition coefficient (Wildman–Crippen LogP) is 6.15. The summed E-state index contributed by atoms with van der Waals surface area (Å²) in [5.41, 5.74) is 6.93. The van der Waals surface area contributed by atoms with Gasteiger partial charge in [-0.15, -0.1) is 0 Å². The summed E-state index contributed by atoms with van der Waals surface area (Å²) >= 11 is 0. The fourth-order valence-electron chi connectivity index (χ4n) is 6.55. The van der Waals surface area contributed by atoms with Crippen molar-refractivity contribution in [3.63, 3.8) is 0 Å². The highest BCUT2D eigenvalue weighted by atomic mass is 16.5. The lowest BCUT2D eigenvalue weighted by molar-refractivity contribution is -0.139. The van der Waals surface area contributed by atoms with Crippen LogP contribution in [0.5, 0.6) is 5.75 Å². The smallest absolute Gasteiger partial charge is 0.307 e. The molecule has 1 saturated carbocycles. The monoisotopic (exact) mass is 418 g/mol. The minimum Gasteiger partial charge on any atom is -0.489 e. The predicted molar refractivity (Wildman–Crippen MR) is 123 cm³/mol. The third-order valence-corrected chi connectivity index (χ3v) is 8.73. The van der Waals surface area contributed by atoms with Gasteiger partial charge in [-0.3, -0.25) is 4.79 Å². The Bertz CT molecular complexity index is 1060. The number of carboxylic acids is 1. The van der Waals surface area contributed by atoms with E-state index in [1.165, 1.54) is 40.7 Å². The Morgan fingerprint density at radius 2 is 1.65 bits per heavy atom. The van der Waals surface area contributed by atoms with E-state index >= 15 is 0 Å². The van der Waals surface area contributed by atoms with Gasteiger partial charge in [-0.1, -0.05) is 58.9 Å². The third-order valence-electron chi connectivity index (χ3n) is 8.73. The summed E-state index contributed by atoms with van der Waals surface area (Å²) in [5.74, 6) is 0.220. The summed E-state index contributed by atoms with van der Waals surface area (Å²) in [6, 6.07) is 13.2. The Labute approximate surface area is 185 Å². The van der Waals surface area contributed by atoms with Crippen molar-refractivity contribution in [2.24, 2.45) is 11.8 Å². The van der Waals surface area contributed by atoms with Crippen molar-refractivity contribution >= 4 is 5.97 Å². The quantitative estimate of drug-likeness (QED) is 0.648. The number of carboxylic acid groups (broad SMARTS) is 1. The normalized spacial score (nSPS) is 29.3. The molecule has 3 atom stereocenters. The molecule has 0 heterocycles. The van der Waals surface area contributed by atoms with Crippen molar-refractivity contribution in [3.05, 3.63) is 64.2 Å². The molecule has 31 heavy (non-hydrogen) atoms. The number of aliphatic carboxylic acids is 1. The Morgan fingerprint density at radius 3 is 2.32 bits per heavy atom. The van der Waals surface area contributed by atoms with Crippen LogP contribution in [0, 0.1) is 11.8 Å². The van der Waals surface area contributed by atoms with Crippen LogP contribution in [0.1, 0.15) is 81.7 Å². The van der Waals surface area contributed by atoms with Crippen LogP contribution < -0.4 is 4.74 Å². The molecule has 3 heteroatoms. The number of aryl methyl sites for hydroxylation is 1. The summed E-state index contributed by atoms with van der Waals surface area (Å²) in [5, 5.41) is 9.57. The standard InChI is InChI=1S/C28H34O3/c1-17-24(25(29)30)28(17)11-10-19-15-20(7-9-21(19)28)31-16-18-6-8-22-23(14-18)27(4,5)13-12-26(22,2)3/h6-9,14-15,17,24H,10-13,16H2,1-5H3,(H,29,30). The van der Waals surface area contributed by atoms with Crippen molar-refractivity contribution < 1.29 is 14.6 Å². The lowest BCUT2D eigenvalue weighted by atomic mass is 9.63. The number of rotatable bonds is 4. The summed E-state index contributed by atoms with van der Waals surface area (Å²) < 4.78 is 6.20. The summed E-state index contributed by atoms with van der Waals surface area (Å²) in [6.07, 6.45) is 4.32. The summed E-state index contributed by atoms with van der Waals surface area (Å²) in [6.45, 7) is 12.0. The van der Waals surface area contributed by atoms with Gasteiger partial charge in [0.05, 0.1) is 5.92 Å². The maximum atomic E-state index is 11.6. The zero-order chi connectivity index (χ0) is 22.2. The van der Waals surface area contributed by atoms with Crippen LogP contribution in [-0.4, -0.2) is 11.1 Å². The molecule has 0 amide bonds. The van der Waals surface area contributed by atoms with Crippen molar-refractivity contribution in [3.8, 4) is 5.75 Å². The van der Waals surface area contributed by atoms with Crippen molar-refractivity contribution in [2.75, 3.05) is 0 Å². The average molecular weight is 419 g/mol. The van der Waals surface area contributed by atoms with Gasteiger partial charge in [-0.05, 0) is 82.4 Å². The number of fused-ring (bicyclic) bond motifs is 3. The minimum absolute atomic E-state index is 0.142. The van der Waals surface area contributed by atoms with Crippen LogP contribution in [0.4, 0.5) is 0 Å². The van der Waals surface area contributed by atoms with Crippen molar-refractivity contribution in [1.29, 1.82) is 0 Å². The van der Waals surface area contributed by atoms with Gasteiger partial charge in [0.1, 0.15) is 12.4 Å². The molecular weight excluding hydrogens is 384 g/mol. The van der Waals surface area contributed by atoms with E-state index in [1.54, 1.807) is 0 Å². The van der Waals surface area contributed by atoms with Gasteiger partial charge in [0.15, 0.2) is 0 Å². The molecule has 164 valence electrons. The number of carbonyl (C=O) groups is 1. The molecule has 3 aliphatic rings.